The average Bonchev–Trinajstić information content (AvgIpc) is 3.12. The maximum atomic E-state index is 12.0. The molecule has 6 rings (SSSR count). The molecule has 5 aliphatic rings. The van der Waals surface area contributed by atoms with Gasteiger partial charge in [0.15, 0.2) is 5.82 Å². The fraction of sp³-hybridized carbons (Fsp3) is 0.895. The van der Waals surface area contributed by atoms with Crippen LogP contribution in [0.15, 0.2) is 4.52 Å². The Bertz CT molecular complexity index is 744. The van der Waals surface area contributed by atoms with Gasteiger partial charge in [0.1, 0.15) is 0 Å². The van der Waals surface area contributed by atoms with Crippen molar-refractivity contribution in [1.82, 2.24) is 14.4 Å². The Labute approximate surface area is 155 Å². The van der Waals surface area contributed by atoms with E-state index in [2.05, 4.69) is 5.16 Å². The molecule has 7 heteroatoms. The predicted molar refractivity (Wildman–Crippen MR) is 97.2 cm³/mol. The van der Waals surface area contributed by atoms with Crippen LogP contribution < -0.4 is 0 Å². The van der Waals surface area contributed by atoms with Crippen molar-refractivity contribution in [3.8, 4) is 0 Å². The highest BCUT2D eigenvalue weighted by Gasteiger charge is 2.54. The number of piperidine rings is 1. The quantitative estimate of drug-likeness (QED) is 0.803. The van der Waals surface area contributed by atoms with Crippen LogP contribution in [0, 0.1) is 17.8 Å². The van der Waals surface area contributed by atoms with Gasteiger partial charge < -0.3 is 4.52 Å². The molecule has 1 saturated heterocycles. The molecule has 0 atom stereocenters. The van der Waals surface area contributed by atoms with Gasteiger partial charge in [-0.3, -0.25) is 0 Å². The molecule has 0 aromatic carbocycles. The SMILES string of the molecule is CCS(=O)(=O)N1CCC(c2nc(C34CC5CC(CC(C5)C3)C4)no2)CC1. The van der Waals surface area contributed by atoms with Crippen molar-refractivity contribution in [2.75, 3.05) is 18.8 Å². The van der Waals surface area contributed by atoms with E-state index in [9.17, 15) is 8.42 Å². The standard InChI is InChI=1S/C19H29N3O3S/c1-2-26(23,24)22-5-3-16(4-6-22)17-20-18(21-25-17)19-10-13-7-14(11-19)9-15(8-13)12-19/h13-16H,2-12H2,1H3. The molecule has 0 amide bonds. The van der Waals surface area contributed by atoms with Crippen molar-refractivity contribution < 1.29 is 12.9 Å². The Morgan fingerprint density at radius 3 is 2.19 bits per heavy atom. The van der Waals surface area contributed by atoms with Gasteiger partial charge in [0, 0.05) is 24.4 Å². The van der Waals surface area contributed by atoms with Gasteiger partial charge in [-0.2, -0.15) is 4.98 Å². The van der Waals surface area contributed by atoms with Gasteiger partial charge in [-0.25, -0.2) is 12.7 Å². The van der Waals surface area contributed by atoms with E-state index in [4.69, 9.17) is 9.51 Å². The molecule has 4 bridgehead atoms. The molecule has 0 N–H and O–H groups in total. The first-order valence-corrected chi connectivity index (χ1v) is 11.9. The largest absolute Gasteiger partial charge is 0.339 e. The van der Waals surface area contributed by atoms with Crippen molar-refractivity contribution >= 4 is 10.0 Å². The average molecular weight is 380 g/mol. The summed E-state index contributed by atoms with van der Waals surface area (Å²) in [5.41, 5.74) is 0.169. The smallest absolute Gasteiger partial charge is 0.229 e. The molecular formula is C19H29N3O3S. The van der Waals surface area contributed by atoms with Crippen molar-refractivity contribution in [3.63, 3.8) is 0 Å². The second kappa shape index (κ2) is 6.03. The lowest BCUT2D eigenvalue weighted by Crippen LogP contribution is -2.49. The van der Waals surface area contributed by atoms with Crippen molar-refractivity contribution in [2.45, 2.75) is 69.6 Å². The summed E-state index contributed by atoms with van der Waals surface area (Å²) in [5, 5.41) is 4.45. The maximum absolute atomic E-state index is 12.0. The van der Waals surface area contributed by atoms with E-state index in [0.29, 0.717) is 13.1 Å². The summed E-state index contributed by atoms with van der Waals surface area (Å²) in [6.45, 7) is 2.84. The summed E-state index contributed by atoms with van der Waals surface area (Å²) < 4.78 is 31.4. The van der Waals surface area contributed by atoms with Crippen LogP contribution in [-0.2, 0) is 15.4 Å². The van der Waals surface area contributed by atoms with Crippen LogP contribution >= 0.6 is 0 Å². The van der Waals surface area contributed by atoms with Gasteiger partial charge in [-0.05, 0) is 76.0 Å². The minimum Gasteiger partial charge on any atom is -0.339 e. The zero-order valence-corrected chi connectivity index (χ0v) is 16.4. The van der Waals surface area contributed by atoms with Gasteiger partial charge >= 0.3 is 0 Å². The van der Waals surface area contributed by atoms with Crippen LogP contribution in [0.4, 0.5) is 0 Å². The third-order valence-electron chi connectivity index (χ3n) is 7.52. The Kier molecular flexibility index (Phi) is 3.98. The number of sulfonamides is 1. The molecular weight excluding hydrogens is 350 g/mol. The molecule has 0 spiro atoms. The van der Waals surface area contributed by atoms with Crippen LogP contribution in [0.2, 0.25) is 0 Å². The molecule has 1 aliphatic heterocycles. The highest BCUT2D eigenvalue weighted by atomic mass is 32.2. The summed E-state index contributed by atoms with van der Waals surface area (Å²) in [5.74, 6) is 4.67. The van der Waals surface area contributed by atoms with E-state index >= 15 is 0 Å². The Morgan fingerprint density at radius 1 is 1.08 bits per heavy atom. The van der Waals surface area contributed by atoms with Crippen LogP contribution in [-0.4, -0.2) is 41.7 Å². The van der Waals surface area contributed by atoms with Crippen molar-refractivity contribution in [1.29, 1.82) is 0 Å². The predicted octanol–water partition coefficient (Wildman–Crippen LogP) is 3.07. The molecule has 4 aliphatic carbocycles. The van der Waals surface area contributed by atoms with Gasteiger partial charge in [0.25, 0.3) is 0 Å². The van der Waals surface area contributed by atoms with E-state index in [0.717, 1.165) is 42.3 Å². The van der Waals surface area contributed by atoms with Crippen molar-refractivity contribution in [2.24, 2.45) is 17.8 Å². The minimum atomic E-state index is -3.09. The molecule has 26 heavy (non-hydrogen) atoms. The van der Waals surface area contributed by atoms with Crippen molar-refractivity contribution in [3.05, 3.63) is 11.7 Å². The second-order valence-electron chi connectivity index (χ2n) is 9.23. The Morgan fingerprint density at radius 2 is 1.65 bits per heavy atom. The highest BCUT2D eigenvalue weighted by molar-refractivity contribution is 7.89. The van der Waals surface area contributed by atoms with E-state index < -0.39 is 10.0 Å². The second-order valence-corrected chi connectivity index (χ2v) is 11.5. The maximum Gasteiger partial charge on any atom is 0.229 e. The topological polar surface area (TPSA) is 76.3 Å². The van der Waals surface area contributed by atoms with E-state index in [1.54, 1.807) is 11.2 Å². The van der Waals surface area contributed by atoms with Gasteiger partial charge in [-0.15, -0.1) is 0 Å². The van der Waals surface area contributed by atoms with Gasteiger partial charge in [0.05, 0.1) is 5.75 Å². The molecule has 144 valence electrons. The third kappa shape index (κ3) is 2.73. The lowest BCUT2D eigenvalue weighted by molar-refractivity contribution is -0.0103. The molecule has 6 nitrogen and oxygen atoms in total. The summed E-state index contributed by atoms with van der Waals surface area (Å²) in [6.07, 6.45) is 9.52. The molecule has 1 aromatic heterocycles. The van der Waals surface area contributed by atoms with Gasteiger partial charge in [0.2, 0.25) is 15.9 Å². The van der Waals surface area contributed by atoms with Crippen LogP contribution in [0.25, 0.3) is 0 Å². The summed E-state index contributed by atoms with van der Waals surface area (Å²) in [4.78, 5) is 4.89. The molecule has 5 fully saturated rings. The van der Waals surface area contributed by atoms with Crippen LogP contribution in [0.3, 0.4) is 0 Å². The lowest BCUT2D eigenvalue weighted by Gasteiger charge is -2.55. The summed E-state index contributed by atoms with van der Waals surface area (Å²) in [7, 11) is -3.09. The first-order chi connectivity index (χ1) is 12.5. The first-order valence-electron chi connectivity index (χ1n) is 10.3. The minimum absolute atomic E-state index is 0.169. The monoisotopic (exact) mass is 379 g/mol. The first kappa shape index (κ1) is 17.2. The van der Waals surface area contributed by atoms with E-state index in [1.165, 1.54) is 38.5 Å². The number of hydrogen-bond acceptors (Lipinski definition) is 5. The van der Waals surface area contributed by atoms with E-state index in [1.807, 2.05) is 0 Å². The molecule has 2 heterocycles. The summed E-state index contributed by atoms with van der Waals surface area (Å²) >= 11 is 0. The molecule has 0 radical (unpaired) electrons. The number of aromatic nitrogens is 2. The fourth-order valence-electron chi connectivity index (χ4n) is 6.56. The number of nitrogens with zero attached hydrogens (tertiary/aromatic N) is 3. The molecule has 0 unspecified atom stereocenters. The van der Waals surface area contributed by atoms with Crippen LogP contribution in [0.5, 0.6) is 0 Å². The Balaban J connectivity index is 1.31. The fourth-order valence-corrected chi connectivity index (χ4v) is 7.70. The van der Waals surface area contributed by atoms with Gasteiger partial charge in [-0.1, -0.05) is 5.16 Å². The molecule has 1 aromatic rings. The van der Waals surface area contributed by atoms with E-state index in [-0.39, 0.29) is 17.1 Å². The van der Waals surface area contributed by atoms with Crippen LogP contribution in [0.1, 0.15) is 75.9 Å². The molecule has 4 saturated carbocycles. The zero-order chi connectivity index (χ0) is 17.9. The number of rotatable bonds is 4. The number of hydrogen-bond donors (Lipinski definition) is 0. The Hall–Kier alpha value is -0.950. The normalized spacial score (nSPS) is 38.1. The highest BCUT2D eigenvalue weighted by Crippen LogP contribution is 2.60. The third-order valence-corrected chi connectivity index (χ3v) is 9.40. The lowest BCUT2D eigenvalue weighted by atomic mass is 9.49. The summed E-state index contributed by atoms with van der Waals surface area (Å²) in [6, 6.07) is 0. The zero-order valence-electron chi connectivity index (χ0n) is 15.6.